The molecule has 0 saturated heterocycles. The van der Waals surface area contributed by atoms with Gasteiger partial charge in [0.2, 0.25) is 0 Å². The summed E-state index contributed by atoms with van der Waals surface area (Å²) in [6.45, 7) is -0.217. The predicted octanol–water partition coefficient (Wildman–Crippen LogP) is 2.51. The van der Waals surface area contributed by atoms with Crippen LogP contribution >= 0.6 is 0 Å². The second-order valence-corrected chi connectivity index (χ2v) is 4.87. The van der Waals surface area contributed by atoms with Crippen LogP contribution in [0.5, 0.6) is 5.75 Å². The van der Waals surface area contributed by atoms with E-state index in [0.717, 1.165) is 25.7 Å². The van der Waals surface area contributed by atoms with Gasteiger partial charge >= 0.3 is 0 Å². The van der Waals surface area contributed by atoms with Crippen molar-refractivity contribution < 1.29 is 19.0 Å². The van der Waals surface area contributed by atoms with Gasteiger partial charge in [0.25, 0.3) is 0 Å². The lowest BCUT2D eigenvalue weighted by atomic mass is 9.95. The fourth-order valence-corrected chi connectivity index (χ4v) is 2.42. The van der Waals surface area contributed by atoms with Crippen molar-refractivity contribution in [2.24, 2.45) is 0 Å². The third-order valence-electron chi connectivity index (χ3n) is 3.45. The smallest absolute Gasteiger partial charge is 0.165 e. The molecule has 1 saturated carbocycles. The molecule has 4 heteroatoms. The van der Waals surface area contributed by atoms with Crippen molar-refractivity contribution >= 4 is 0 Å². The van der Waals surface area contributed by atoms with E-state index in [9.17, 15) is 4.39 Å². The van der Waals surface area contributed by atoms with Gasteiger partial charge in [-0.15, -0.1) is 0 Å². The molecule has 0 heterocycles. The van der Waals surface area contributed by atoms with Crippen LogP contribution in [0.4, 0.5) is 4.39 Å². The molecular formula is C16H19FO3. The van der Waals surface area contributed by atoms with Gasteiger partial charge in [-0.05, 0) is 37.5 Å². The predicted molar refractivity (Wildman–Crippen MR) is 74.0 cm³/mol. The van der Waals surface area contributed by atoms with Gasteiger partial charge in [0.1, 0.15) is 12.7 Å². The molecule has 0 aliphatic heterocycles. The summed E-state index contributed by atoms with van der Waals surface area (Å²) >= 11 is 0. The second kappa shape index (κ2) is 7.28. The summed E-state index contributed by atoms with van der Waals surface area (Å²) in [6, 6.07) is 4.49. The molecule has 1 aromatic carbocycles. The summed E-state index contributed by atoms with van der Waals surface area (Å²) in [5.74, 6) is 5.12. The van der Waals surface area contributed by atoms with Gasteiger partial charge in [0, 0.05) is 19.1 Å². The van der Waals surface area contributed by atoms with Gasteiger partial charge in [-0.2, -0.15) is 0 Å². The van der Waals surface area contributed by atoms with Gasteiger partial charge in [-0.25, -0.2) is 4.39 Å². The van der Waals surface area contributed by atoms with Crippen LogP contribution in [0.15, 0.2) is 18.2 Å². The maximum absolute atomic E-state index is 13.8. The Morgan fingerprint density at radius 2 is 2.15 bits per heavy atom. The van der Waals surface area contributed by atoms with Crippen molar-refractivity contribution in [3.8, 4) is 17.6 Å². The van der Waals surface area contributed by atoms with Crippen molar-refractivity contribution in [2.75, 3.05) is 13.7 Å². The number of methoxy groups -OCH3 is 1. The Bertz CT molecular complexity index is 504. The monoisotopic (exact) mass is 278 g/mol. The van der Waals surface area contributed by atoms with Crippen LogP contribution in [-0.4, -0.2) is 31.0 Å². The number of hydrogen-bond donors (Lipinski definition) is 1. The molecule has 1 aliphatic rings. The fraction of sp³-hybridized carbons (Fsp3) is 0.500. The fourth-order valence-electron chi connectivity index (χ4n) is 2.42. The summed E-state index contributed by atoms with van der Waals surface area (Å²) < 4.78 is 24.9. The van der Waals surface area contributed by atoms with Gasteiger partial charge in [-0.1, -0.05) is 11.8 Å². The molecule has 2 unspecified atom stereocenters. The lowest BCUT2D eigenvalue weighted by molar-refractivity contribution is 0.0197. The average molecular weight is 278 g/mol. The molecule has 1 aliphatic carbocycles. The van der Waals surface area contributed by atoms with Crippen LogP contribution in [0.1, 0.15) is 31.2 Å². The third-order valence-corrected chi connectivity index (χ3v) is 3.45. The molecule has 1 fully saturated rings. The minimum absolute atomic E-state index is 0.0238. The molecule has 2 atom stereocenters. The Kier molecular flexibility index (Phi) is 5.40. The Hall–Kier alpha value is -1.57. The summed E-state index contributed by atoms with van der Waals surface area (Å²) in [5, 5.41) is 8.68. The highest BCUT2D eigenvalue weighted by Gasteiger charge is 2.23. The highest BCUT2D eigenvalue weighted by molar-refractivity contribution is 5.40. The van der Waals surface area contributed by atoms with Gasteiger partial charge < -0.3 is 14.6 Å². The summed E-state index contributed by atoms with van der Waals surface area (Å²) in [6.07, 6.45) is 3.91. The van der Waals surface area contributed by atoms with Gasteiger partial charge in [0.15, 0.2) is 11.6 Å². The lowest BCUT2D eigenvalue weighted by Gasteiger charge is -2.28. The molecule has 0 amide bonds. The molecule has 0 spiro atoms. The van der Waals surface area contributed by atoms with E-state index >= 15 is 0 Å². The Labute approximate surface area is 118 Å². The first-order valence-electron chi connectivity index (χ1n) is 6.81. The Morgan fingerprint density at radius 1 is 1.35 bits per heavy atom. The molecule has 1 aromatic rings. The number of benzene rings is 1. The normalized spacial score (nSPS) is 21.9. The quantitative estimate of drug-likeness (QED) is 0.863. The van der Waals surface area contributed by atoms with E-state index in [4.69, 9.17) is 14.6 Å². The van der Waals surface area contributed by atoms with Crippen molar-refractivity contribution in [1.82, 2.24) is 0 Å². The van der Waals surface area contributed by atoms with Gasteiger partial charge in [-0.3, -0.25) is 0 Å². The second-order valence-electron chi connectivity index (χ2n) is 4.87. The number of hydrogen-bond acceptors (Lipinski definition) is 3. The zero-order chi connectivity index (χ0) is 14.4. The zero-order valence-corrected chi connectivity index (χ0v) is 11.6. The van der Waals surface area contributed by atoms with E-state index in [1.165, 1.54) is 6.07 Å². The molecule has 0 bridgehead atoms. The third kappa shape index (κ3) is 3.96. The van der Waals surface area contributed by atoms with Crippen LogP contribution in [0.2, 0.25) is 0 Å². The van der Waals surface area contributed by atoms with E-state index in [1.807, 2.05) is 0 Å². The highest BCUT2D eigenvalue weighted by atomic mass is 19.1. The first-order valence-corrected chi connectivity index (χ1v) is 6.81. The maximum atomic E-state index is 13.8. The van der Waals surface area contributed by atoms with Crippen LogP contribution in [0.3, 0.4) is 0 Å². The van der Waals surface area contributed by atoms with E-state index in [0.29, 0.717) is 5.56 Å². The Balaban J connectivity index is 2.07. The first-order chi connectivity index (χ1) is 9.72. The maximum Gasteiger partial charge on any atom is 0.165 e. The minimum atomic E-state index is -0.390. The minimum Gasteiger partial charge on any atom is -0.487 e. The summed E-state index contributed by atoms with van der Waals surface area (Å²) in [4.78, 5) is 0. The molecule has 3 nitrogen and oxygen atoms in total. The zero-order valence-electron chi connectivity index (χ0n) is 11.6. The molecule has 20 heavy (non-hydrogen) atoms. The lowest BCUT2D eigenvalue weighted by Crippen LogP contribution is -2.29. The molecule has 0 radical (unpaired) electrons. The molecule has 0 aromatic heterocycles. The van der Waals surface area contributed by atoms with Crippen molar-refractivity contribution in [3.05, 3.63) is 29.6 Å². The van der Waals surface area contributed by atoms with E-state index in [-0.39, 0.29) is 30.4 Å². The van der Waals surface area contributed by atoms with Crippen molar-refractivity contribution in [1.29, 1.82) is 0 Å². The largest absolute Gasteiger partial charge is 0.487 e. The standard InChI is InChI=1S/C16H19FO3/c1-19-13-5-2-6-14(11-13)20-16-10-12(4-3-9-18)7-8-15(16)17/h7-8,10,13-14,18H,2,5-6,9,11H2,1H3. The first kappa shape index (κ1) is 14.8. The van der Waals surface area contributed by atoms with Crippen LogP contribution < -0.4 is 4.74 Å². The average Bonchev–Trinajstić information content (AvgIpc) is 2.48. The molecule has 1 N–H and O–H groups in total. The summed E-state index contributed by atoms with van der Waals surface area (Å²) in [7, 11) is 1.69. The van der Waals surface area contributed by atoms with Gasteiger partial charge in [0.05, 0.1) is 6.10 Å². The topological polar surface area (TPSA) is 38.7 Å². The summed E-state index contributed by atoms with van der Waals surface area (Å²) in [5.41, 5.74) is 0.634. The van der Waals surface area contributed by atoms with Crippen molar-refractivity contribution in [3.63, 3.8) is 0 Å². The highest BCUT2D eigenvalue weighted by Crippen LogP contribution is 2.27. The van der Waals surface area contributed by atoms with Crippen LogP contribution in [0, 0.1) is 17.7 Å². The van der Waals surface area contributed by atoms with E-state index in [1.54, 1.807) is 19.2 Å². The van der Waals surface area contributed by atoms with E-state index < -0.39 is 0 Å². The van der Waals surface area contributed by atoms with Crippen LogP contribution in [0.25, 0.3) is 0 Å². The molecular weight excluding hydrogens is 259 g/mol. The van der Waals surface area contributed by atoms with Crippen molar-refractivity contribution in [2.45, 2.75) is 37.9 Å². The van der Waals surface area contributed by atoms with E-state index in [2.05, 4.69) is 11.8 Å². The Morgan fingerprint density at radius 3 is 2.90 bits per heavy atom. The number of aliphatic hydroxyl groups is 1. The molecule has 2 rings (SSSR count). The van der Waals surface area contributed by atoms with Crippen LogP contribution in [-0.2, 0) is 4.74 Å². The number of ether oxygens (including phenoxy) is 2. The molecule has 108 valence electrons. The number of halogens is 1. The SMILES string of the molecule is COC1CCCC(Oc2cc(C#CCO)ccc2F)C1. The number of aliphatic hydroxyl groups excluding tert-OH is 1. The number of rotatable bonds is 3.